The zero-order chi connectivity index (χ0) is 20.6. The number of amides is 1. The van der Waals surface area contributed by atoms with Crippen LogP contribution in [-0.4, -0.2) is 24.5 Å². The summed E-state index contributed by atoms with van der Waals surface area (Å²) in [7, 11) is 0. The second-order valence-corrected chi connectivity index (χ2v) is 6.59. The van der Waals surface area contributed by atoms with Crippen LogP contribution < -0.4 is 5.32 Å². The molecule has 0 aliphatic heterocycles. The van der Waals surface area contributed by atoms with Gasteiger partial charge in [0.05, 0.1) is 17.7 Å². The fourth-order valence-electron chi connectivity index (χ4n) is 2.43. The Bertz CT molecular complexity index is 644. The summed E-state index contributed by atoms with van der Waals surface area (Å²) in [5.74, 6) is -3.84. The summed E-state index contributed by atoms with van der Waals surface area (Å²) in [6, 6.07) is 1.35. The highest BCUT2D eigenvalue weighted by Gasteiger charge is 2.36. The topological polar surface area (TPSA) is 55.4 Å². The Balaban J connectivity index is 2.83. The van der Waals surface area contributed by atoms with Gasteiger partial charge in [0, 0.05) is 0 Å². The van der Waals surface area contributed by atoms with Crippen LogP contribution in [0.25, 0.3) is 0 Å². The van der Waals surface area contributed by atoms with Gasteiger partial charge in [0.15, 0.2) is 0 Å². The molecule has 0 heterocycles. The predicted octanol–water partition coefficient (Wildman–Crippen LogP) is 4.72. The van der Waals surface area contributed by atoms with E-state index < -0.39 is 41.0 Å². The summed E-state index contributed by atoms with van der Waals surface area (Å²) in [4.78, 5) is 24.4. The summed E-state index contributed by atoms with van der Waals surface area (Å²) in [5.41, 5.74) is -2.30. The highest BCUT2D eigenvalue weighted by Crippen LogP contribution is 2.32. The first-order valence-electron chi connectivity index (χ1n) is 8.92. The number of rotatable bonds is 9. The van der Waals surface area contributed by atoms with Crippen LogP contribution in [0.5, 0.6) is 0 Å². The van der Waals surface area contributed by atoms with E-state index in [9.17, 15) is 27.2 Å². The second kappa shape index (κ2) is 10.3. The zero-order valence-corrected chi connectivity index (χ0v) is 15.7. The number of hydrogen-bond acceptors (Lipinski definition) is 3. The average molecular weight is 391 g/mol. The molecule has 8 heteroatoms. The van der Waals surface area contributed by atoms with Crippen LogP contribution in [0, 0.1) is 11.7 Å². The molecule has 1 N–H and O–H groups in total. The number of hydrogen-bond donors (Lipinski definition) is 1. The molecule has 27 heavy (non-hydrogen) atoms. The van der Waals surface area contributed by atoms with E-state index in [1.165, 1.54) is 0 Å². The highest BCUT2D eigenvalue weighted by atomic mass is 19.4. The molecule has 0 aromatic heterocycles. The molecule has 1 rings (SSSR count). The lowest BCUT2D eigenvalue weighted by Crippen LogP contribution is -2.45. The van der Waals surface area contributed by atoms with Crippen LogP contribution in [0.4, 0.5) is 17.6 Å². The first kappa shape index (κ1) is 22.9. The minimum Gasteiger partial charge on any atom is -0.464 e. The molecule has 0 aliphatic rings. The number of carbonyl (C=O) groups excluding carboxylic acids is 2. The van der Waals surface area contributed by atoms with Gasteiger partial charge in [-0.15, -0.1) is 0 Å². The Hall–Kier alpha value is -2.12. The van der Waals surface area contributed by atoms with Gasteiger partial charge in [-0.1, -0.05) is 46.1 Å². The van der Waals surface area contributed by atoms with Crippen molar-refractivity contribution in [2.24, 2.45) is 5.92 Å². The van der Waals surface area contributed by atoms with Crippen molar-refractivity contribution >= 4 is 11.9 Å². The second-order valence-electron chi connectivity index (χ2n) is 6.59. The molecule has 0 saturated carbocycles. The quantitative estimate of drug-likeness (QED) is 0.376. The van der Waals surface area contributed by atoms with Gasteiger partial charge >= 0.3 is 12.1 Å². The van der Waals surface area contributed by atoms with Gasteiger partial charge in [0.2, 0.25) is 0 Å². The van der Waals surface area contributed by atoms with Crippen LogP contribution in [-0.2, 0) is 15.7 Å². The van der Waals surface area contributed by atoms with E-state index >= 15 is 0 Å². The molecule has 0 aliphatic carbocycles. The molecule has 0 bridgehead atoms. The van der Waals surface area contributed by atoms with Gasteiger partial charge in [-0.2, -0.15) is 13.2 Å². The molecule has 1 atom stereocenters. The molecule has 4 nitrogen and oxygen atoms in total. The van der Waals surface area contributed by atoms with Crippen LogP contribution >= 0.6 is 0 Å². The van der Waals surface area contributed by atoms with E-state index in [0.29, 0.717) is 12.5 Å². The van der Waals surface area contributed by atoms with E-state index in [-0.39, 0.29) is 12.5 Å². The standard InChI is InChI=1S/C19H25F4NO3/c1-4-5-6-7-11-27-18(26)16(12(2)3)24-17(25)13-9-8-10-14(15(13)20)19(21,22)23/h8-10,12,16H,4-7,11H2,1-3H3,(H,24,25). The number of carbonyl (C=O) groups is 2. The maximum atomic E-state index is 14.1. The Morgan fingerprint density at radius 3 is 2.37 bits per heavy atom. The normalized spacial score (nSPS) is 12.7. The Kier molecular flexibility index (Phi) is 8.72. The molecule has 1 aromatic carbocycles. The van der Waals surface area contributed by atoms with Crippen molar-refractivity contribution in [3.8, 4) is 0 Å². The number of alkyl halides is 3. The van der Waals surface area contributed by atoms with Crippen LogP contribution in [0.2, 0.25) is 0 Å². The molecular weight excluding hydrogens is 366 g/mol. The lowest BCUT2D eigenvalue weighted by molar-refractivity contribution is -0.147. The summed E-state index contributed by atoms with van der Waals surface area (Å²) in [5, 5.41) is 2.28. The molecule has 0 fully saturated rings. The van der Waals surface area contributed by atoms with E-state index in [0.717, 1.165) is 31.4 Å². The monoisotopic (exact) mass is 391 g/mol. The van der Waals surface area contributed by atoms with E-state index in [2.05, 4.69) is 5.32 Å². The third-order valence-corrected chi connectivity index (χ3v) is 4.00. The minimum absolute atomic E-state index is 0.190. The van der Waals surface area contributed by atoms with Gasteiger partial charge in [-0.25, -0.2) is 9.18 Å². The van der Waals surface area contributed by atoms with E-state index in [4.69, 9.17) is 4.74 Å². The maximum absolute atomic E-state index is 14.1. The zero-order valence-electron chi connectivity index (χ0n) is 15.7. The van der Waals surface area contributed by atoms with Crippen LogP contribution in [0.3, 0.4) is 0 Å². The average Bonchev–Trinajstić information content (AvgIpc) is 2.57. The van der Waals surface area contributed by atoms with Gasteiger partial charge in [0.25, 0.3) is 5.91 Å². The Morgan fingerprint density at radius 1 is 1.15 bits per heavy atom. The predicted molar refractivity (Wildman–Crippen MR) is 92.6 cm³/mol. The van der Waals surface area contributed by atoms with Gasteiger partial charge in [-0.3, -0.25) is 4.79 Å². The molecule has 1 unspecified atom stereocenters. The van der Waals surface area contributed by atoms with Crippen molar-refractivity contribution in [2.75, 3.05) is 6.61 Å². The lowest BCUT2D eigenvalue weighted by atomic mass is 10.0. The van der Waals surface area contributed by atoms with E-state index in [1.54, 1.807) is 13.8 Å². The fraction of sp³-hybridized carbons (Fsp3) is 0.579. The number of halogens is 4. The third-order valence-electron chi connectivity index (χ3n) is 4.00. The van der Waals surface area contributed by atoms with Crippen molar-refractivity contribution in [1.82, 2.24) is 5.32 Å². The number of ether oxygens (including phenoxy) is 1. The molecule has 1 aromatic rings. The van der Waals surface area contributed by atoms with Crippen molar-refractivity contribution in [3.63, 3.8) is 0 Å². The largest absolute Gasteiger partial charge is 0.464 e. The Morgan fingerprint density at radius 2 is 1.81 bits per heavy atom. The number of benzene rings is 1. The van der Waals surface area contributed by atoms with Crippen LogP contribution in [0.1, 0.15) is 62.4 Å². The molecule has 0 saturated heterocycles. The molecule has 1 amide bonds. The van der Waals surface area contributed by atoms with Crippen molar-refractivity contribution < 1.29 is 31.9 Å². The minimum atomic E-state index is -4.92. The summed E-state index contributed by atoms with van der Waals surface area (Å²) in [6.45, 7) is 5.52. The van der Waals surface area contributed by atoms with Gasteiger partial charge < -0.3 is 10.1 Å². The van der Waals surface area contributed by atoms with Crippen molar-refractivity contribution in [3.05, 3.63) is 35.1 Å². The molecule has 0 radical (unpaired) electrons. The summed E-state index contributed by atoms with van der Waals surface area (Å²) in [6.07, 6.45) is -1.30. The van der Waals surface area contributed by atoms with Crippen molar-refractivity contribution in [1.29, 1.82) is 0 Å². The van der Waals surface area contributed by atoms with Crippen molar-refractivity contribution in [2.45, 2.75) is 58.7 Å². The fourth-order valence-corrected chi connectivity index (χ4v) is 2.43. The smallest absolute Gasteiger partial charge is 0.419 e. The number of esters is 1. The number of nitrogens with one attached hydrogen (secondary N) is 1. The Labute approximate surface area is 156 Å². The lowest BCUT2D eigenvalue weighted by Gasteiger charge is -2.21. The molecule has 152 valence electrons. The number of unbranched alkanes of at least 4 members (excludes halogenated alkanes) is 3. The third kappa shape index (κ3) is 6.84. The van der Waals surface area contributed by atoms with Crippen LogP contribution in [0.15, 0.2) is 18.2 Å². The van der Waals surface area contributed by atoms with Gasteiger partial charge in [-0.05, 0) is 24.5 Å². The highest BCUT2D eigenvalue weighted by molar-refractivity contribution is 5.97. The summed E-state index contributed by atoms with van der Waals surface area (Å²) < 4.78 is 57.6. The SMILES string of the molecule is CCCCCCOC(=O)C(NC(=O)c1cccc(C(F)(F)F)c1F)C(C)C. The molecule has 0 spiro atoms. The maximum Gasteiger partial charge on any atom is 0.419 e. The summed E-state index contributed by atoms with van der Waals surface area (Å²) >= 11 is 0. The van der Waals surface area contributed by atoms with E-state index in [1.807, 2.05) is 6.92 Å². The first-order valence-corrected chi connectivity index (χ1v) is 8.92. The first-order chi connectivity index (χ1) is 12.6. The van der Waals surface area contributed by atoms with Gasteiger partial charge in [0.1, 0.15) is 11.9 Å². The molecular formula is C19H25F4NO3.